The number of thiazole rings is 2. The van der Waals surface area contributed by atoms with Gasteiger partial charge in [-0.2, -0.15) is 9.97 Å². The summed E-state index contributed by atoms with van der Waals surface area (Å²) in [6.45, 7) is 12.4. The van der Waals surface area contributed by atoms with Crippen LogP contribution in [0.3, 0.4) is 0 Å². The highest BCUT2D eigenvalue weighted by atomic mass is 32.1. The Morgan fingerprint density at radius 1 is 0.667 bits per heavy atom. The lowest BCUT2D eigenvalue weighted by molar-refractivity contribution is 0.0696. The Bertz CT molecular complexity index is 2800. The third kappa shape index (κ3) is 11.9. The minimum absolute atomic E-state index is 0.0925. The number of carboxylic acids is 1. The number of carbonyl (C=O) groups is 2. The lowest BCUT2D eigenvalue weighted by Gasteiger charge is -2.23. The molecule has 8 aromatic rings. The molecule has 0 saturated carbocycles. The number of carbonyl (C=O) groups excluding carboxylic acids is 1. The van der Waals surface area contributed by atoms with E-state index in [1.54, 1.807) is 61.7 Å². The second kappa shape index (κ2) is 19.8. The van der Waals surface area contributed by atoms with Crippen molar-refractivity contribution in [2.24, 2.45) is 5.73 Å². The van der Waals surface area contributed by atoms with Crippen molar-refractivity contribution < 1.29 is 32.5 Å². The summed E-state index contributed by atoms with van der Waals surface area (Å²) >= 11 is 3.05. The van der Waals surface area contributed by atoms with Crippen LogP contribution in [0.25, 0.3) is 43.9 Å². The van der Waals surface area contributed by atoms with Gasteiger partial charge in [-0.3, -0.25) is 14.8 Å². The van der Waals surface area contributed by atoms with E-state index < -0.39 is 11.4 Å². The molecular weight excluding hydrogens is 851 g/mol. The van der Waals surface area contributed by atoms with Crippen molar-refractivity contribution in [2.75, 3.05) is 13.1 Å². The number of aryl methyl sites for hydroxylation is 2. The van der Waals surface area contributed by atoms with Crippen LogP contribution in [0, 0.1) is 25.5 Å². The maximum atomic E-state index is 13.2. The number of nitrogens with two attached hydrogens (primary N) is 1. The molecule has 0 unspecified atom stereocenters. The quantitative estimate of drug-likeness (QED) is 0.111. The minimum atomic E-state index is -1.04. The predicted molar refractivity (Wildman–Crippen MR) is 234 cm³/mol. The van der Waals surface area contributed by atoms with Crippen LogP contribution in [-0.4, -0.2) is 70.3 Å². The van der Waals surface area contributed by atoms with E-state index in [4.69, 9.17) is 24.9 Å². The van der Waals surface area contributed by atoms with Gasteiger partial charge in [-0.15, -0.1) is 22.7 Å². The SMILES string of the molecule is CC(C)(CN)c1csc(-c2ccc(F)cc2)n1.Cc1nc(-c2cncc(C(=O)NCC(C)(C)c3csc(-c4ccc(F)cc4)n3)c2)no1.Cc1nc(-c2cncc(C(=O)O)c2)no1. The lowest BCUT2D eigenvalue weighted by Crippen LogP contribution is -2.37. The summed E-state index contributed by atoms with van der Waals surface area (Å²) in [5.74, 6) is -0.218. The van der Waals surface area contributed by atoms with E-state index in [2.05, 4.69) is 54.4 Å². The number of amides is 1. The molecule has 19 heteroatoms. The molecule has 8 rings (SSSR count). The Hall–Kier alpha value is -6.96. The highest BCUT2D eigenvalue weighted by Gasteiger charge is 2.26. The summed E-state index contributed by atoms with van der Waals surface area (Å²) in [4.78, 5) is 48.7. The number of aromatic nitrogens is 8. The van der Waals surface area contributed by atoms with Crippen molar-refractivity contribution in [3.05, 3.63) is 142 Å². The molecule has 6 aromatic heterocycles. The van der Waals surface area contributed by atoms with Gasteiger partial charge in [0, 0.05) is 95.6 Å². The first kappa shape index (κ1) is 45.6. The topological polar surface area (TPSA) is 222 Å². The van der Waals surface area contributed by atoms with E-state index in [0.29, 0.717) is 53.2 Å². The van der Waals surface area contributed by atoms with Gasteiger partial charge in [0.2, 0.25) is 23.4 Å². The summed E-state index contributed by atoms with van der Waals surface area (Å²) in [7, 11) is 0. The number of aromatic carboxylic acids is 1. The maximum absolute atomic E-state index is 13.2. The van der Waals surface area contributed by atoms with Crippen LogP contribution < -0.4 is 11.1 Å². The Morgan fingerprint density at radius 2 is 1.11 bits per heavy atom. The average Bonchev–Trinajstić information content (AvgIpc) is 4.13. The van der Waals surface area contributed by atoms with Gasteiger partial charge in [-0.25, -0.2) is 23.5 Å². The van der Waals surface area contributed by atoms with Crippen LogP contribution in [-0.2, 0) is 10.8 Å². The Labute approximate surface area is 368 Å². The van der Waals surface area contributed by atoms with Crippen LogP contribution in [0.2, 0.25) is 0 Å². The van der Waals surface area contributed by atoms with Gasteiger partial charge in [0.25, 0.3) is 5.91 Å². The fraction of sp³-hybridized carbons (Fsp3) is 0.227. The van der Waals surface area contributed by atoms with Crippen LogP contribution in [0.4, 0.5) is 8.78 Å². The number of nitrogens with one attached hydrogen (secondary N) is 1. The van der Waals surface area contributed by atoms with E-state index >= 15 is 0 Å². The molecule has 4 N–H and O–H groups in total. The molecular formula is C44H42F2N10O5S2. The second-order valence-electron chi connectivity index (χ2n) is 15.2. The predicted octanol–water partition coefficient (Wildman–Crippen LogP) is 8.73. The largest absolute Gasteiger partial charge is 0.478 e. The summed E-state index contributed by atoms with van der Waals surface area (Å²) in [5, 5.41) is 24.9. The maximum Gasteiger partial charge on any atom is 0.337 e. The monoisotopic (exact) mass is 892 g/mol. The summed E-state index contributed by atoms with van der Waals surface area (Å²) < 4.78 is 35.7. The molecule has 0 radical (unpaired) electrons. The number of rotatable bonds is 11. The molecule has 0 saturated heterocycles. The summed E-state index contributed by atoms with van der Waals surface area (Å²) in [6, 6.07) is 15.7. The average molecular weight is 893 g/mol. The van der Waals surface area contributed by atoms with Crippen LogP contribution in [0.1, 0.15) is 71.6 Å². The first-order valence-electron chi connectivity index (χ1n) is 19.2. The minimum Gasteiger partial charge on any atom is -0.478 e. The van der Waals surface area contributed by atoms with E-state index in [9.17, 15) is 18.4 Å². The van der Waals surface area contributed by atoms with Crippen molar-refractivity contribution in [1.82, 2.24) is 45.5 Å². The van der Waals surface area contributed by atoms with Crippen LogP contribution in [0.5, 0.6) is 0 Å². The second-order valence-corrected chi connectivity index (χ2v) is 17.0. The zero-order chi connectivity index (χ0) is 45.3. The molecule has 6 heterocycles. The van der Waals surface area contributed by atoms with Crippen molar-refractivity contribution in [2.45, 2.75) is 52.4 Å². The molecule has 2 aromatic carbocycles. The molecule has 0 aliphatic carbocycles. The number of hydrogen-bond acceptors (Lipinski definition) is 15. The molecule has 0 atom stereocenters. The molecule has 0 aliphatic heterocycles. The lowest BCUT2D eigenvalue weighted by atomic mass is 9.90. The third-order valence-electron chi connectivity index (χ3n) is 9.34. The van der Waals surface area contributed by atoms with Gasteiger partial charge in [0.15, 0.2) is 0 Å². The first-order valence-corrected chi connectivity index (χ1v) is 20.9. The number of pyridine rings is 2. The molecule has 0 spiro atoms. The van der Waals surface area contributed by atoms with Gasteiger partial charge in [0.1, 0.15) is 21.6 Å². The fourth-order valence-corrected chi connectivity index (χ4v) is 7.45. The van der Waals surface area contributed by atoms with Crippen molar-refractivity contribution in [3.8, 4) is 43.9 Å². The van der Waals surface area contributed by atoms with Gasteiger partial charge in [-0.05, 0) is 60.7 Å². The Balaban J connectivity index is 0.000000174. The number of hydrogen-bond donors (Lipinski definition) is 3. The molecule has 1 amide bonds. The van der Waals surface area contributed by atoms with Crippen molar-refractivity contribution in [1.29, 1.82) is 0 Å². The Morgan fingerprint density at radius 3 is 1.54 bits per heavy atom. The standard InChI is InChI=1S/C22H20FN5O2S.C13H15FN2S.C9H7N3O3/c1-13-26-19(28-30-13)15-8-16(10-24-9-15)20(29)25-12-22(2,3)18-11-31-21(27-18)14-4-6-17(23)7-5-14;1-13(2,8-15)11-7-17-12(16-11)9-3-5-10(14)6-4-9;1-5-11-8(12-15-5)6-2-7(9(13)14)4-10-3-6/h4-11H,12H2,1-3H3,(H,25,29);3-7H,8,15H2,1-2H3;2-4H,1H3,(H,13,14). The van der Waals surface area contributed by atoms with E-state index in [1.807, 2.05) is 24.6 Å². The number of nitrogens with zero attached hydrogens (tertiary/aromatic N) is 8. The molecule has 63 heavy (non-hydrogen) atoms. The number of halogens is 2. The molecule has 0 bridgehead atoms. The summed E-state index contributed by atoms with van der Waals surface area (Å²) in [5.41, 5.74) is 10.5. The van der Waals surface area contributed by atoms with Crippen LogP contribution in [0.15, 0.2) is 105 Å². The number of carboxylic acid groups (broad SMARTS) is 1. The van der Waals surface area contributed by atoms with Gasteiger partial charge in [-0.1, -0.05) is 38.0 Å². The van der Waals surface area contributed by atoms with Gasteiger partial charge in [0.05, 0.1) is 22.5 Å². The Kier molecular flexibility index (Phi) is 14.3. The van der Waals surface area contributed by atoms with Crippen LogP contribution >= 0.6 is 22.7 Å². The van der Waals surface area contributed by atoms with E-state index in [1.165, 1.54) is 60.3 Å². The summed E-state index contributed by atoms with van der Waals surface area (Å²) in [6.07, 6.45) is 5.82. The van der Waals surface area contributed by atoms with Gasteiger partial charge >= 0.3 is 5.97 Å². The first-order chi connectivity index (χ1) is 30.0. The zero-order valence-corrected chi connectivity index (χ0v) is 36.6. The number of benzene rings is 2. The molecule has 15 nitrogen and oxygen atoms in total. The molecule has 0 aliphatic rings. The van der Waals surface area contributed by atoms with E-state index in [0.717, 1.165) is 32.5 Å². The van der Waals surface area contributed by atoms with Crippen molar-refractivity contribution in [3.63, 3.8) is 0 Å². The zero-order valence-electron chi connectivity index (χ0n) is 35.0. The third-order valence-corrected chi connectivity index (χ3v) is 11.1. The highest BCUT2D eigenvalue weighted by Crippen LogP contribution is 2.31. The smallest absolute Gasteiger partial charge is 0.337 e. The molecule has 0 fully saturated rings. The highest BCUT2D eigenvalue weighted by molar-refractivity contribution is 7.13. The normalized spacial score (nSPS) is 11.3. The van der Waals surface area contributed by atoms with E-state index in [-0.39, 0.29) is 28.5 Å². The van der Waals surface area contributed by atoms with Gasteiger partial charge < -0.3 is 25.2 Å². The van der Waals surface area contributed by atoms with Crippen molar-refractivity contribution >= 4 is 34.6 Å². The fourth-order valence-electron chi connectivity index (χ4n) is 5.42. The molecule has 324 valence electrons.